The zero-order valence-electron chi connectivity index (χ0n) is 18.2. The number of nitrogens with zero attached hydrogens (tertiary/aromatic N) is 2. The maximum Gasteiger partial charge on any atom is 0.344 e. The summed E-state index contributed by atoms with van der Waals surface area (Å²) >= 11 is 0. The van der Waals surface area contributed by atoms with Crippen LogP contribution in [-0.4, -0.2) is 35.3 Å². The van der Waals surface area contributed by atoms with Gasteiger partial charge in [-0.15, -0.1) is 0 Å². The van der Waals surface area contributed by atoms with Gasteiger partial charge >= 0.3 is 6.03 Å². The second-order valence-electron chi connectivity index (χ2n) is 8.19. The summed E-state index contributed by atoms with van der Waals surface area (Å²) in [6, 6.07) is 23.6. The van der Waals surface area contributed by atoms with Crippen molar-refractivity contribution in [3.05, 3.63) is 102 Å². The molecule has 2 heterocycles. The average Bonchev–Trinajstić information content (AvgIpc) is 3.42. The summed E-state index contributed by atoms with van der Waals surface area (Å²) in [5.74, 6) is -1.25. The molecule has 5 rings (SSSR count). The van der Waals surface area contributed by atoms with Gasteiger partial charge in [0.1, 0.15) is 0 Å². The third-order valence-corrected chi connectivity index (χ3v) is 6.14. The van der Waals surface area contributed by atoms with Crippen LogP contribution in [0.15, 0.2) is 84.9 Å². The molecule has 2 fully saturated rings. The van der Waals surface area contributed by atoms with Gasteiger partial charge < -0.3 is 10.2 Å². The zero-order valence-corrected chi connectivity index (χ0v) is 18.2. The largest absolute Gasteiger partial charge is 0.344 e. The normalized spacial score (nSPS) is 17.1. The molecule has 2 aliphatic rings. The fraction of sp³-hybridized carbons (Fsp3) is 0.154. The molecule has 3 aromatic rings. The number of nitrogens with one attached hydrogen (secondary N) is 2. The minimum atomic E-state index is -1.48. The first-order valence-electron chi connectivity index (χ1n) is 11.0. The molecule has 0 bridgehead atoms. The van der Waals surface area contributed by atoms with Crippen LogP contribution in [-0.2, 0) is 15.1 Å². The summed E-state index contributed by atoms with van der Waals surface area (Å²) < 4.78 is 0. The molecule has 0 aromatic heterocycles. The Balaban J connectivity index is 1.45. The van der Waals surface area contributed by atoms with Gasteiger partial charge in [0.15, 0.2) is 5.54 Å². The van der Waals surface area contributed by atoms with E-state index < -0.39 is 23.4 Å². The summed E-state index contributed by atoms with van der Waals surface area (Å²) in [7, 11) is 0. The number of urea groups is 1. The van der Waals surface area contributed by atoms with Crippen molar-refractivity contribution in [3.8, 4) is 0 Å². The van der Waals surface area contributed by atoms with Gasteiger partial charge in [-0.3, -0.25) is 19.8 Å². The molecule has 0 aliphatic carbocycles. The zero-order chi connectivity index (χ0) is 23.7. The molecule has 2 aliphatic heterocycles. The number of amides is 5. The van der Waals surface area contributed by atoms with Crippen molar-refractivity contribution in [1.29, 1.82) is 0 Å². The van der Waals surface area contributed by atoms with Crippen LogP contribution in [0.1, 0.15) is 34.3 Å². The molecule has 3 aromatic carbocycles. The van der Waals surface area contributed by atoms with E-state index in [0.717, 1.165) is 11.4 Å². The summed E-state index contributed by atoms with van der Waals surface area (Å²) in [6.45, 7) is 0.591. The molecular weight excluding hydrogens is 432 g/mol. The molecule has 0 unspecified atom stereocenters. The van der Waals surface area contributed by atoms with Gasteiger partial charge in [0, 0.05) is 24.2 Å². The number of imide groups is 1. The predicted octanol–water partition coefficient (Wildman–Crippen LogP) is 2.95. The number of carbonyl (C=O) groups is 4. The Kier molecular flexibility index (Phi) is 5.33. The van der Waals surface area contributed by atoms with Crippen LogP contribution in [0.4, 0.5) is 10.5 Å². The van der Waals surface area contributed by atoms with Crippen molar-refractivity contribution in [2.75, 3.05) is 11.4 Å². The smallest absolute Gasteiger partial charge is 0.314 e. The fourth-order valence-electron chi connectivity index (χ4n) is 4.47. The third-order valence-electron chi connectivity index (χ3n) is 6.14. The first kappa shape index (κ1) is 21.4. The van der Waals surface area contributed by atoms with Gasteiger partial charge in [-0.2, -0.15) is 5.01 Å². The predicted molar refractivity (Wildman–Crippen MR) is 125 cm³/mol. The lowest BCUT2D eigenvalue weighted by molar-refractivity contribution is -0.131. The quantitative estimate of drug-likeness (QED) is 0.579. The van der Waals surface area contributed by atoms with Crippen molar-refractivity contribution >= 4 is 29.4 Å². The molecule has 5 amide bonds. The number of hydrogen-bond donors (Lipinski definition) is 2. The summed E-state index contributed by atoms with van der Waals surface area (Å²) in [6.07, 6.45) is 1.23. The Morgan fingerprint density at radius 1 is 0.853 bits per heavy atom. The lowest BCUT2D eigenvalue weighted by atomic mass is 9.83. The number of carbonyl (C=O) groups excluding carboxylic acids is 4. The Morgan fingerprint density at radius 2 is 1.50 bits per heavy atom. The van der Waals surface area contributed by atoms with E-state index in [0.29, 0.717) is 29.8 Å². The van der Waals surface area contributed by atoms with Crippen molar-refractivity contribution < 1.29 is 19.2 Å². The third kappa shape index (κ3) is 3.49. The van der Waals surface area contributed by atoms with Crippen molar-refractivity contribution in [3.63, 3.8) is 0 Å². The van der Waals surface area contributed by atoms with Gasteiger partial charge in [0.25, 0.3) is 11.8 Å². The second kappa shape index (κ2) is 8.47. The van der Waals surface area contributed by atoms with Crippen LogP contribution in [0.25, 0.3) is 0 Å². The Labute approximate surface area is 196 Å². The maximum atomic E-state index is 13.7. The SMILES string of the molecule is O=C(NN1C(=O)NC(c2ccccc2)(c2ccccc2)C1=O)c1cccc(N2CCCC2=O)c1. The Morgan fingerprint density at radius 3 is 2.09 bits per heavy atom. The number of hydrogen-bond acceptors (Lipinski definition) is 4. The highest BCUT2D eigenvalue weighted by Gasteiger charge is 2.54. The Bertz CT molecular complexity index is 1240. The van der Waals surface area contributed by atoms with Gasteiger partial charge in [-0.05, 0) is 35.7 Å². The van der Waals surface area contributed by atoms with E-state index in [2.05, 4.69) is 10.7 Å². The van der Waals surface area contributed by atoms with Crippen molar-refractivity contribution in [2.24, 2.45) is 0 Å². The number of anilines is 1. The molecular formula is C26H22N4O4. The summed E-state index contributed by atoms with van der Waals surface area (Å²) in [5, 5.41) is 3.51. The summed E-state index contributed by atoms with van der Waals surface area (Å²) in [4.78, 5) is 53.4. The monoisotopic (exact) mass is 454 g/mol. The molecule has 0 spiro atoms. The van der Waals surface area contributed by atoms with Gasteiger partial charge in [-0.25, -0.2) is 4.79 Å². The van der Waals surface area contributed by atoms with E-state index in [4.69, 9.17) is 0 Å². The van der Waals surface area contributed by atoms with E-state index in [-0.39, 0.29) is 11.5 Å². The number of hydrazine groups is 1. The average molecular weight is 454 g/mol. The standard InChI is InChI=1S/C26H22N4O4/c31-22-15-8-16-29(22)21-14-7-9-18(17-21)23(32)28-30-24(33)26(27-25(30)34,19-10-3-1-4-11-19)20-12-5-2-6-13-20/h1-7,9-14,17H,8,15-16H2,(H,27,34)(H,28,32). The highest BCUT2D eigenvalue weighted by atomic mass is 16.2. The Hall–Kier alpha value is -4.46. The molecule has 2 saturated heterocycles. The molecule has 170 valence electrons. The fourth-order valence-corrected chi connectivity index (χ4v) is 4.47. The topological polar surface area (TPSA) is 98.8 Å². The van der Waals surface area contributed by atoms with Gasteiger partial charge in [-0.1, -0.05) is 66.7 Å². The molecule has 0 radical (unpaired) electrons. The number of rotatable bonds is 5. The molecule has 0 saturated carbocycles. The minimum absolute atomic E-state index is 0.00200. The van der Waals surface area contributed by atoms with Crippen LogP contribution in [0, 0.1) is 0 Å². The lowest BCUT2D eigenvalue weighted by Gasteiger charge is -2.27. The van der Waals surface area contributed by atoms with Crippen LogP contribution in [0.2, 0.25) is 0 Å². The van der Waals surface area contributed by atoms with E-state index in [1.165, 1.54) is 0 Å². The maximum absolute atomic E-state index is 13.7. The highest BCUT2D eigenvalue weighted by Crippen LogP contribution is 2.35. The number of benzene rings is 3. The molecule has 8 nitrogen and oxygen atoms in total. The van der Waals surface area contributed by atoms with Crippen LogP contribution in [0.5, 0.6) is 0 Å². The van der Waals surface area contributed by atoms with Gasteiger partial charge in [0.05, 0.1) is 0 Å². The van der Waals surface area contributed by atoms with E-state index in [9.17, 15) is 19.2 Å². The van der Waals surface area contributed by atoms with Crippen LogP contribution < -0.4 is 15.6 Å². The summed E-state index contributed by atoms with van der Waals surface area (Å²) in [5.41, 5.74) is 2.96. The minimum Gasteiger partial charge on any atom is -0.314 e. The molecule has 2 N–H and O–H groups in total. The lowest BCUT2D eigenvalue weighted by Crippen LogP contribution is -2.49. The second-order valence-corrected chi connectivity index (χ2v) is 8.19. The molecule has 0 atom stereocenters. The van der Waals surface area contributed by atoms with Crippen molar-refractivity contribution in [1.82, 2.24) is 15.8 Å². The van der Waals surface area contributed by atoms with Crippen molar-refractivity contribution in [2.45, 2.75) is 18.4 Å². The van der Waals surface area contributed by atoms with E-state index in [1.54, 1.807) is 77.7 Å². The first-order chi connectivity index (χ1) is 16.5. The van der Waals surface area contributed by atoms with Crippen LogP contribution >= 0.6 is 0 Å². The molecule has 34 heavy (non-hydrogen) atoms. The van der Waals surface area contributed by atoms with E-state index in [1.807, 2.05) is 12.1 Å². The molecule has 8 heteroatoms. The van der Waals surface area contributed by atoms with E-state index >= 15 is 0 Å². The van der Waals surface area contributed by atoms with Gasteiger partial charge in [0.2, 0.25) is 5.91 Å². The van der Waals surface area contributed by atoms with Crippen LogP contribution in [0.3, 0.4) is 0 Å². The highest BCUT2D eigenvalue weighted by molar-refractivity contribution is 6.11. The first-order valence-corrected chi connectivity index (χ1v) is 11.0.